The normalized spacial score (nSPS) is 12.0. The lowest BCUT2D eigenvalue weighted by atomic mass is 9.96. The molecular formula is C21H22FN3O3. The third-order valence-electron chi connectivity index (χ3n) is 4.72. The van der Waals surface area contributed by atoms with Crippen LogP contribution in [0.25, 0.3) is 11.5 Å². The number of nitrogens with one attached hydrogen (secondary N) is 1. The van der Waals surface area contributed by atoms with Crippen LogP contribution >= 0.6 is 0 Å². The molecule has 0 spiro atoms. The summed E-state index contributed by atoms with van der Waals surface area (Å²) in [6.07, 6.45) is 0. The van der Waals surface area contributed by atoms with E-state index in [0.717, 1.165) is 21.4 Å². The maximum Gasteiger partial charge on any atom is 0.437 e. The zero-order chi connectivity index (χ0) is 20.4. The predicted molar refractivity (Wildman–Crippen MR) is 103 cm³/mol. The Balaban J connectivity index is 1.72. The number of benzene rings is 2. The van der Waals surface area contributed by atoms with Crippen molar-refractivity contribution in [1.82, 2.24) is 15.1 Å². The highest BCUT2D eigenvalue weighted by molar-refractivity contribution is 5.76. The molecule has 1 aromatic heterocycles. The fourth-order valence-corrected chi connectivity index (χ4v) is 3.07. The first-order valence-electron chi connectivity index (χ1n) is 8.95. The molecule has 1 heterocycles. The number of hydrogen-bond donors (Lipinski definition) is 1. The van der Waals surface area contributed by atoms with E-state index in [-0.39, 0.29) is 24.4 Å². The summed E-state index contributed by atoms with van der Waals surface area (Å²) in [5.74, 6) is -1.47. The lowest BCUT2D eigenvalue weighted by Crippen LogP contribution is -2.33. The molecule has 0 saturated heterocycles. The second kappa shape index (κ2) is 7.80. The van der Waals surface area contributed by atoms with E-state index in [4.69, 9.17) is 4.42 Å². The van der Waals surface area contributed by atoms with Crippen LogP contribution in [0.3, 0.4) is 0 Å². The van der Waals surface area contributed by atoms with E-state index in [1.54, 1.807) is 0 Å². The van der Waals surface area contributed by atoms with Crippen molar-refractivity contribution in [2.75, 3.05) is 0 Å². The van der Waals surface area contributed by atoms with Gasteiger partial charge in [0.15, 0.2) is 0 Å². The smallest absolute Gasteiger partial charge is 0.388 e. The number of nitrogens with zero attached hydrogens (tertiary/aromatic N) is 2. The van der Waals surface area contributed by atoms with Gasteiger partial charge in [-0.3, -0.25) is 4.79 Å². The van der Waals surface area contributed by atoms with Gasteiger partial charge in [0, 0.05) is 5.56 Å². The Bertz CT molecular complexity index is 1070. The second-order valence-electron chi connectivity index (χ2n) is 6.92. The molecule has 2 aromatic carbocycles. The Labute approximate surface area is 162 Å². The van der Waals surface area contributed by atoms with E-state index in [1.165, 1.54) is 29.8 Å². The Kier molecular flexibility index (Phi) is 5.44. The second-order valence-corrected chi connectivity index (χ2v) is 6.92. The van der Waals surface area contributed by atoms with Crippen LogP contribution in [-0.2, 0) is 11.3 Å². The lowest BCUT2D eigenvalue weighted by molar-refractivity contribution is -0.122. The van der Waals surface area contributed by atoms with E-state index in [1.807, 2.05) is 27.7 Å². The summed E-state index contributed by atoms with van der Waals surface area (Å²) >= 11 is 0. The molecule has 0 fully saturated rings. The van der Waals surface area contributed by atoms with Crippen molar-refractivity contribution in [2.45, 2.75) is 40.3 Å². The van der Waals surface area contributed by atoms with Gasteiger partial charge in [-0.1, -0.05) is 12.1 Å². The molecule has 28 heavy (non-hydrogen) atoms. The molecule has 0 radical (unpaired) electrons. The maximum absolute atomic E-state index is 13.0. The van der Waals surface area contributed by atoms with Crippen molar-refractivity contribution in [3.8, 4) is 11.5 Å². The molecule has 146 valence electrons. The quantitative estimate of drug-likeness (QED) is 0.732. The standard InChI is InChI=1S/C21H22FN3O3/c1-12-9-14(3)18(10-13(12)2)15(4)23-19(26)11-25-21(27)28-20(24-25)16-5-7-17(22)8-6-16/h5-10,15H,11H2,1-4H3,(H,23,26)/t15-/m0/s1. The van der Waals surface area contributed by atoms with Gasteiger partial charge in [-0.2, -0.15) is 4.68 Å². The first-order chi connectivity index (χ1) is 13.2. The Morgan fingerprint density at radius 1 is 1.14 bits per heavy atom. The van der Waals surface area contributed by atoms with Crippen LogP contribution in [0.5, 0.6) is 0 Å². The number of aromatic nitrogens is 2. The molecule has 0 saturated carbocycles. The average molecular weight is 383 g/mol. The molecule has 3 rings (SSSR count). The minimum atomic E-state index is -0.746. The van der Waals surface area contributed by atoms with Gasteiger partial charge in [0.25, 0.3) is 0 Å². The van der Waals surface area contributed by atoms with Crippen LogP contribution in [0.15, 0.2) is 45.6 Å². The number of hydrogen-bond acceptors (Lipinski definition) is 4. The van der Waals surface area contributed by atoms with Crippen molar-refractivity contribution < 1.29 is 13.6 Å². The molecule has 6 nitrogen and oxygen atoms in total. The first kappa shape index (κ1) is 19.5. The number of halogens is 1. The Hall–Kier alpha value is -3.22. The largest absolute Gasteiger partial charge is 0.437 e. The molecule has 1 amide bonds. The lowest BCUT2D eigenvalue weighted by Gasteiger charge is -2.18. The van der Waals surface area contributed by atoms with E-state index in [0.29, 0.717) is 5.56 Å². The number of carbonyl (C=O) groups is 1. The summed E-state index contributed by atoms with van der Waals surface area (Å²) in [5, 5.41) is 6.91. The zero-order valence-electron chi connectivity index (χ0n) is 16.2. The SMILES string of the molecule is Cc1cc(C)c([C@H](C)NC(=O)Cn2nc(-c3ccc(F)cc3)oc2=O)cc1C. The van der Waals surface area contributed by atoms with Gasteiger partial charge in [0.05, 0.1) is 6.04 Å². The van der Waals surface area contributed by atoms with E-state index in [2.05, 4.69) is 22.5 Å². The van der Waals surface area contributed by atoms with Crippen LogP contribution in [0.4, 0.5) is 4.39 Å². The van der Waals surface area contributed by atoms with Crippen LogP contribution in [0, 0.1) is 26.6 Å². The Morgan fingerprint density at radius 3 is 2.46 bits per heavy atom. The topological polar surface area (TPSA) is 77.1 Å². The van der Waals surface area contributed by atoms with Crippen LogP contribution in [0.1, 0.15) is 35.2 Å². The maximum atomic E-state index is 13.0. The highest BCUT2D eigenvalue weighted by atomic mass is 19.1. The fraction of sp³-hybridized carbons (Fsp3) is 0.286. The highest BCUT2D eigenvalue weighted by Gasteiger charge is 2.17. The van der Waals surface area contributed by atoms with Crippen LogP contribution < -0.4 is 11.1 Å². The van der Waals surface area contributed by atoms with Gasteiger partial charge in [0.2, 0.25) is 11.8 Å². The molecule has 3 aromatic rings. The highest BCUT2D eigenvalue weighted by Crippen LogP contribution is 2.21. The number of rotatable bonds is 5. The molecule has 0 aliphatic rings. The monoisotopic (exact) mass is 383 g/mol. The number of aryl methyl sites for hydroxylation is 3. The van der Waals surface area contributed by atoms with Gasteiger partial charge < -0.3 is 9.73 Å². The van der Waals surface area contributed by atoms with Crippen molar-refractivity contribution in [2.24, 2.45) is 0 Å². The minimum Gasteiger partial charge on any atom is -0.388 e. The van der Waals surface area contributed by atoms with Crippen molar-refractivity contribution in [1.29, 1.82) is 0 Å². The van der Waals surface area contributed by atoms with Crippen LogP contribution in [0.2, 0.25) is 0 Å². The fourth-order valence-electron chi connectivity index (χ4n) is 3.07. The molecule has 7 heteroatoms. The van der Waals surface area contributed by atoms with Gasteiger partial charge in [-0.25, -0.2) is 9.18 Å². The summed E-state index contributed by atoms with van der Waals surface area (Å²) in [7, 11) is 0. The number of amides is 1. The molecule has 0 unspecified atom stereocenters. The summed E-state index contributed by atoms with van der Waals surface area (Å²) in [6, 6.07) is 9.33. The van der Waals surface area contributed by atoms with Gasteiger partial charge in [-0.05, 0) is 74.2 Å². The van der Waals surface area contributed by atoms with E-state index < -0.39 is 11.6 Å². The third kappa shape index (κ3) is 4.19. The molecule has 0 aliphatic heterocycles. The van der Waals surface area contributed by atoms with Crippen molar-refractivity contribution in [3.63, 3.8) is 0 Å². The summed E-state index contributed by atoms with van der Waals surface area (Å²) < 4.78 is 19.1. The molecule has 1 N–H and O–H groups in total. The van der Waals surface area contributed by atoms with Crippen molar-refractivity contribution in [3.05, 3.63) is 75.0 Å². The molecule has 0 bridgehead atoms. The summed E-state index contributed by atoms with van der Waals surface area (Å²) in [4.78, 5) is 24.4. The van der Waals surface area contributed by atoms with E-state index >= 15 is 0 Å². The minimum absolute atomic E-state index is 0.0378. The molecule has 0 aliphatic carbocycles. The zero-order valence-corrected chi connectivity index (χ0v) is 16.2. The summed E-state index contributed by atoms with van der Waals surface area (Å²) in [6.45, 7) is 7.70. The van der Waals surface area contributed by atoms with Gasteiger partial charge in [-0.15, -0.1) is 5.10 Å². The average Bonchev–Trinajstić information content (AvgIpc) is 2.99. The van der Waals surface area contributed by atoms with Gasteiger partial charge in [0.1, 0.15) is 12.4 Å². The van der Waals surface area contributed by atoms with E-state index in [9.17, 15) is 14.0 Å². The Morgan fingerprint density at radius 2 is 1.79 bits per heavy atom. The molecule has 1 atom stereocenters. The van der Waals surface area contributed by atoms with Crippen LogP contribution in [-0.4, -0.2) is 15.7 Å². The number of carbonyl (C=O) groups excluding carboxylic acids is 1. The first-order valence-corrected chi connectivity index (χ1v) is 8.95. The van der Waals surface area contributed by atoms with Gasteiger partial charge >= 0.3 is 5.76 Å². The predicted octanol–water partition coefficient (Wildman–Crippen LogP) is 3.45. The van der Waals surface area contributed by atoms with Crippen molar-refractivity contribution >= 4 is 5.91 Å². The molecular weight excluding hydrogens is 361 g/mol. The summed E-state index contributed by atoms with van der Waals surface area (Å²) in [5.41, 5.74) is 4.92. The third-order valence-corrected chi connectivity index (χ3v) is 4.72.